The normalized spacial score (nSPS) is 10.8. The van der Waals surface area contributed by atoms with Gasteiger partial charge in [0.15, 0.2) is 0 Å². The zero-order chi connectivity index (χ0) is 14.7. The van der Waals surface area contributed by atoms with Crippen LogP contribution >= 0.6 is 0 Å². The molecule has 103 valence electrons. The first kappa shape index (κ1) is 13.6. The average molecular weight is 271 g/mol. The van der Waals surface area contributed by atoms with Gasteiger partial charge in [-0.25, -0.2) is 0 Å². The summed E-state index contributed by atoms with van der Waals surface area (Å²) in [5.41, 5.74) is 6.38. The van der Waals surface area contributed by atoms with Crippen molar-refractivity contribution in [3.05, 3.63) is 84.4 Å². The first-order valence-electron chi connectivity index (χ1n) is 7.43. The van der Waals surface area contributed by atoms with Gasteiger partial charge in [-0.3, -0.25) is 0 Å². The quantitative estimate of drug-likeness (QED) is 0.552. The van der Waals surface area contributed by atoms with Gasteiger partial charge in [-0.1, -0.05) is 86.6 Å². The predicted octanol–water partition coefficient (Wildman–Crippen LogP) is 5.94. The molecule has 3 aromatic rings. The number of benzene rings is 3. The summed E-state index contributed by atoms with van der Waals surface area (Å²) in [5.74, 6) is 0.448. The summed E-state index contributed by atoms with van der Waals surface area (Å²) in [7, 11) is 0. The summed E-state index contributed by atoms with van der Waals surface area (Å²) in [6, 6.07) is 28.9. The van der Waals surface area contributed by atoms with E-state index in [1.165, 1.54) is 27.8 Å². The molecule has 21 heavy (non-hydrogen) atoms. The smallest absolute Gasteiger partial charge is 0.00645 e. The second-order valence-corrected chi connectivity index (χ2v) is 5.57. The molecular weight excluding hydrogens is 252 g/mol. The van der Waals surface area contributed by atoms with Gasteiger partial charge in [0.05, 0.1) is 0 Å². The second kappa shape index (κ2) is 5.97. The van der Waals surface area contributed by atoms with Gasteiger partial charge in [0.1, 0.15) is 0 Å². The Kier molecular flexibility index (Phi) is 3.87. The van der Waals surface area contributed by atoms with Crippen LogP contribution in [0.1, 0.15) is 25.3 Å². The van der Waals surface area contributed by atoms with Gasteiger partial charge in [-0.2, -0.15) is 0 Å². The summed E-state index contributed by atoms with van der Waals surface area (Å²) in [6.45, 7) is 4.46. The zero-order valence-corrected chi connectivity index (χ0v) is 12.5. The van der Waals surface area contributed by atoms with E-state index in [2.05, 4.69) is 86.6 Å². The Morgan fingerprint density at radius 3 is 1.86 bits per heavy atom. The van der Waals surface area contributed by atoms with E-state index in [1.807, 2.05) is 6.07 Å². The van der Waals surface area contributed by atoms with Crippen LogP contribution in [0.4, 0.5) is 0 Å². The minimum Gasteiger partial charge on any atom is -0.0622 e. The molecular formula is C21H19. The van der Waals surface area contributed by atoms with E-state index in [4.69, 9.17) is 0 Å². The van der Waals surface area contributed by atoms with Gasteiger partial charge in [0.2, 0.25) is 0 Å². The van der Waals surface area contributed by atoms with Crippen molar-refractivity contribution in [3.8, 4) is 22.3 Å². The Balaban J connectivity index is 2.28. The van der Waals surface area contributed by atoms with Gasteiger partial charge < -0.3 is 0 Å². The lowest BCUT2D eigenvalue weighted by Crippen LogP contribution is -1.95. The first-order valence-corrected chi connectivity index (χ1v) is 7.43. The Labute approximate surface area is 127 Å². The van der Waals surface area contributed by atoms with Crippen LogP contribution in [0, 0.1) is 6.07 Å². The van der Waals surface area contributed by atoms with Crippen LogP contribution in [0.3, 0.4) is 0 Å². The topological polar surface area (TPSA) is 0 Å². The molecule has 0 aromatic heterocycles. The lowest BCUT2D eigenvalue weighted by Gasteiger charge is -2.17. The third kappa shape index (κ3) is 2.75. The van der Waals surface area contributed by atoms with Crippen LogP contribution in [-0.2, 0) is 0 Å². The monoisotopic (exact) mass is 271 g/mol. The van der Waals surface area contributed by atoms with Gasteiger partial charge in [-0.15, -0.1) is 0 Å². The standard InChI is InChI=1S/C21H19/c1-16(2)19-14-9-15-20(17-10-5-3-6-11-17)21(19)18-12-7-4-8-13-18/h3-13,15-16H,1-2H3. The van der Waals surface area contributed by atoms with Gasteiger partial charge in [0.25, 0.3) is 0 Å². The molecule has 0 nitrogen and oxygen atoms in total. The van der Waals surface area contributed by atoms with Crippen LogP contribution in [-0.4, -0.2) is 0 Å². The van der Waals surface area contributed by atoms with Crippen LogP contribution in [0.5, 0.6) is 0 Å². The summed E-state index contributed by atoms with van der Waals surface area (Å²) >= 11 is 0. The third-order valence-electron chi connectivity index (χ3n) is 3.75. The Morgan fingerprint density at radius 2 is 1.29 bits per heavy atom. The van der Waals surface area contributed by atoms with Crippen molar-refractivity contribution < 1.29 is 0 Å². The highest BCUT2D eigenvalue weighted by molar-refractivity contribution is 5.85. The van der Waals surface area contributed by atoms with Crippen molar-refractivity contribution in [2.75, 3.05) is 0 Å². The molecule has 0 spiro atoms. The van der Waals surface area contributed by atoms with Crippen molar-refractivity contribution in [3.63, 3.8) is 0 Å². The zero-order valence-electron chi connectivity index (χ0n) is 12.5. The Bertz CT molecular complexity index is 710. The van der Waals surface area contributed by atoms with Gasteiger partial charge in [0, 0.05) is 0 Å². The molecule has 0 unspecified atom stereocenters. The SMILES string of the molecule is CC(C)c1[c]ccc(-c2ccccc2)c1-c1ccccc1. The van der Waals surface area contributed by atoms with Crippen molar-refractivity contribution in [1.29, 1.82) is 0 Å². The highest BCUT2D eigenvalue weighted by atomic mass is 14.2. The van der Waals surface area contributed by atoms with E-state index in [0.29, 0.717) is 5.92 Å². The van der Waals surface area contributed by atoms with Crippen molar-refractivity contribution in [1.82, 2.24) is 0 Å². The van der Waals surface area contributed by atoms with Crippen LogP contribution in [0.2, 0.25) is 0 Å². The van der Waals surface area contributed by atoms with E-state index >= 15 is 0 Å². The molecule has 0 aliphatic carbocycles. The van der Waals surface area contributed by atoms with E-state index < -0.39 is 0 Å². The maximum Gasteiger partial charge on any atom is -0.00645 e. The first-order chi connectivity index (χ1) is 10.3. The molecule has 1 radical (unpaired) electrons. The van der Waals surface area contributed by atoms with Crippen LogP contribution in [0.25, 0.3) is 22.3 Å². The van der Waals surface area contributed by atoms with E-state index in [-0.39, 0.29) is 0 Å². The Hall–Kier alpha value is -2.34. The minimum atomic E-state index is 0.448. The predicted molar refractivity (Wildman–Crippen MR) is 90.2 cm³/mol. The summed E-state index contributed by atoms with van der Waals surface area (Å²) in [6.07, 6.45) is 0. The molecule has 0 aliphatic rings. The molecule has 0 fully saturated rings. The maximum atomic E-state index is 3.45. The van der Waals surface area contributed by atoms with E-state index in [9.17, 15) is 0 Å². The van der Waals surface area contributed by atoms with Crippen LogP contribution < -0.4 is 0 Å². The molecule has 0 aliphatic heterocycles. The molecule has 0 saturated carbocycles. The summed E-state index contributed by atoms with van der Waals surface area (Å²) < 4.78 is 0. The summed E-state index contributed by atoms with van der Waals surface area (Å²) in [5, 5.41) is 0. The van der Waals surface area contributed by atoms with Crippen LogP contribution in [0.15, 0.2) is 72.8 Å². The molecule has 3 aromatic carbocycles. The Morgan fingerprint density at radius 1 is 0.714 bits per heavy atom. The number of hydrogen-bond acceptors (Lipinski definition) is 0. The van der Waals surface area contributed by atoms with Gasteiger partial charge in [-0.05, 0) is 39.8 Å². The number of hydrogen-bond donors (Lipinski definition) is 0. The fraction of sp³-hybridized carbons (Fsp3) is 0.143. The third-order valence-corrected chi connectivity index (χ3v) is 3.75. The molecule has 0 saturated heterocycles. The average Bonchev–Trinajstić information content (AvgIpc) is 2.55. The largest absolute Gasteiger partial charge is 0.0622 e. The molecule has 0 atom stereocenters. The summed E-state index contributed by atoms with van der Waals surface area (Å²) in [4.78, 5) is 0. The molecule has 0 N–H and O–H groups in total. The lowest BCUT2D eigenvalue weighted by atomic mass is 9.86. The highest BCUT2D eigenvalue weighted by Crippen LogP contribution is 2.37. The van der Waals surface area contributed by atoms with Crippen molar-refractivity contribution >= 4 is 0 Å². The molecule has 0 heteroatoms. The van der Waals surface area contributed by atoms with E-state index in [1.54, 1.807) is 0 Å². The van der Waals surface area contributed by atoms with Crippen molar-refractivity contribution in [2.45, 2.75) is 19.8 Å². The molecule has 0 bridgehead atoms. The maximum absolute atomic E-state index is 3.45. The van der Waals surface area contributed by atoms with Gasteiger partial charge >= 0.3 is 0 Å². The van der Waals surface area contributed by atoms with E-state index in [0.717, 1.165) is 0 Å². The minimum absolute atomic E-state index is 0.448. The molecule has 0 amide bonds. The number of rotatable bonds is 3. The molecule has 3 rings (SSSR count). The second-order valence-electron chi connectivity index (χ2n) is 5.57. The molecule has 0 heterocycles. The van der Waals surface area contributed by atoms with Crippen molar-refractivity contribution in [2.24, 2.45) is 0 Å². The fourth-order valence-corrected chi connectivity index (χ4v) is 2.74. The highest BCUT2D eigenvalue weighted by Gasteiger charge is 2.14. The fourth-order valence-electron chi connectivity index (χ4n) is 2.74. The lowest BCUT2D eigenvalue weighted by molar-refractivity contribution is 0.867.